The van der Waals surface area contributed by atoms with Gasteiger partial charge in [0.2, 0.25) is 5.78 Å². The molecule has 0 fully saturated rings. The standard InChI is InChI=1S/C15H20O4/c1-9(8-16)5-4-6-10(2)13-12(17)7-11(3)14(18)15(13)19/h5,7,10,16,19H,4,6,8H2,1-3H3/b9-5+/t10-/m1/s1. The van der Waals surface area contributed by atoms with Crippen LogP contribution >= 0.6 is 0 Å². The lowest BCUT2D eigenvalue weighted by atomic mass is 9.86. The van der Waals surface area contributed by atoms with Crippen molar-refractivity contribution in [3.63, 3.8) is 0 Å². The van der Waals surface area contributed by atoms with E-state index in [4.69, 9.17) is 5.11 Å². The third-order valence-electron chi connectivity index (χ3n) is 3.28. The molecule has 0 aliphatic heterocycles. The summed E-state index contributed by atoms with van der Waals surface area (Å²) in [5.41, 5.74) is 1.34. The molecule has 0 saturated carbocycles. The van der Waals surface area contributed by atoms with Gasteiger partial charge >= 0.3 is 0 Å². The highest BCUT2D eigenvalue weighted by molar-refractivity contribution is 6.21. The van der Waals surface area contributed by atoms with Crippen LogP contribution in [0.5, 0.6) is 0 Å². The van der Waals surface area contributed by atoms with E-state index in [9.17, 15) is 14.7 Å². The number of hydrogen-bond acceptors (Lipinski definition) is 4. The Morgan fingerprint density at radius 2 is 2.05 bits per heavy atom. The molecular weight excluding hydrogens is 244 g/mol. The van der Waals surface area contributed by atoms with E-state index in [0.717, 1.165) is 5.57 Å². The molecule has 4 nitrogen and oxygen atoms in total. The number of allylic oxidation sites excluding steroid dienone is 4. The number of Topliss-reactive ketones (excluding diaryl/α,β-unsaturated/α-hetero) is 1. The lowest BCUT2D eigenvalue weighted by Gasteiger charge is -2.18. The number of aliphatic hydroxyl groups is 2. The molecule has 0 heterocycles. The molecule has 0 unspecified atom stereocenters. The number of aliphatic hydroxyl groups excluding tert-OH is 2. The molecule has 0 spiro atoms. The first-order chi connectivity index (χ1) is 8.88. The van der Waals surface area contributed by atoms with E-state index in [1.807, 2.05) is 19.9 Å². The van der Waals surface area contributed by atoms with E-state index in [2.05, 4.69) is 0 Å². The van der Waals surface area contributed by atoms with Crippen LogP contribution in [0.4, 0.5) is 0 Å². The van der Waals surface area contributed by atoms with Crippen molar-refractivity contribution in [2.24, 2.45) is 5.92 Å². The Morgan fingerprint density at radius 1 is 1.42 bits per heavy atom. The van der Waals surface area contributed by atoms with Gasteiger partial charge in [0.1, 0.15) is 0 Å². The Balaban J connectivity index is 2.79. The summed E-state index contributed by atoms with van der Waals surface area (Å²) in [5, 5.41) is 18.7. The second kappa shape index (κ2) is 6.48. The summed E-state index contributed by atoms with van der Waals surface area (Å²) in [6.45, 7) is 5.17. The molecule has 1 aliphatic carbocycles. The van der Waals surface area contributed by atoms with Crippen molar-refractivity contribution in [2.75, 3.05) is 6.61 Å². The molecule has 0 amide bonds. The molecular formula is C15H20O4. The van der Waals surface area contributed by atoms with Gasteiger partial charge in [-0.3, -0.25) is 9.59 Å². The van der Waals surface area contributed by atoms with Crippen LogP contribution in [0, 0.1) is 5.92 Å². The van der Waals surface area contributed by atoms with Gasteiger partial charge in [0.25, 0.3) is 0 Å². The normalized spacial score (nSPS) is 18.7. The maximum absolute atomic E-state index is 11.9. The number of ketones is 2. The smallest absolute Gasteiger partial charge is 0.223 e. The van der Waals surface area contributed by atoms with Crippen LogP contribution < -0.4 is 0 Å². The predicted octanol–water partition coefficient (Wildman–Crippen LogP) is 2.25. The van der Waals surface area contributed by atoms with Crippen LogP contribution in [0.25, 0.3) is 0 Å². The third kappa shape index (κ3) is 3.64. The van der Waals surface area contributed by atoms with Gasteiger partial charge in [-0.15, -0.1) is 0 Å². The van der Waals surface area contributed by atoms with Crippen molar-refractivity contribution >= 4 is 11.6 Å². The monoisotopic (exact) mass is 264 g/mol. The fraction of sp³-hybridized carbons (Fsp3) is 0.467. The van der Waals surface area contributed by atoms with E-state index in [-0.39, 0.29) is 29.5 Å². The topological polar surface area (TPSA) is 74.6 Å². The summed E-state index contributed by atoms with van der Waals surface area (Å²) in [4.78, 5) is 23.5. The minimum Gasteiger partial charge on any atom is -0.504 e. The van der Waals surface area contributed by atoms with Crippen LogP contribution in [0.1, 0.15) is 33.6 Å². The highest BCUT2D eigenvalue weighted by Gasteiger charge is 2.29. The lowest BCUT2D eigenvalue weighted by molar-refractivity contribution is -0.118. The summed E-state index contributed by atoms with van der Waals surface area (Å²) in [7, 11) is 0. The molecule has 0 bridgehead atoms. The Hall–Kier alpha value is -1.68. The van der Waals surface area contributed by atoms with E-state index >= 15 is 0 Å². The van der Waals surface area contributed by atoms with Crippen LogP contribution in [-0.2, 0) is 9.59 Å². The van der Waals surface area contributed by atoms with Crippen molar-refractivity contribution in [1.82, 2.24) is 0 Å². The second-order valence-electron chi connectivity index (χ2n) is 4.97. The Labute approximate surface area is 113 Å². The van der Waals surface area contributed by atoms with E-state index in [1.165, 1.54) is 13.0 Å². The van der Waals surface area contributed by atoms with Gasteiger partial charge in [0.05, 0.1) is 6.61 Å². The van der Waals surface area contributed by atoms with Crippen LogP contribution in [0.2, 0.25) is 0 Å². The van der Waals surface area contributed by atoms with Gasteiger partial charge in [0.15, 0.2) is 11.5 Å². The Morgan fingerprint density at radius 3 is 2.63 bits per heavy atom. The van der Waals surface area contributed by atoms with Gasteiger partial charge in [0, 0.05) is 11.1 Å². The zero-order valence-electron chi connectivity index (χ0n) is 11.6. The summed E-state index contributed by atoms with van der Waals surface area (Å²) < 4.78 is 0. The molecule has 1 atom stereocenters. The Bertz CT molecular complexity index is 480. The Kier molecular flexibility index (Phi) is 5.24. The predicted molar refractivity (Wildman–Crippen MR) is 72.7 cm³/mol. The molecule has 1 rings (SSSR count). The number of hydrogen-bond donors (Lipinski definition) is 2. The number of carbonyl (C=O) groups excluding carboxylic acids is 2. The molecule has 104 valence electrons. The number of rotatable bonds is 5. The molecule has 0 aromatic carbocycles. The summed E-state index contributed by atoms with van der Waals surface area (Å²) in [6.07, 6.45) is 4.50. The van der Waals surface area contributed by atoms with E-state index < -0.39 is 11.5 Å². The molecule has 0 aromatic rings. The van der Waals surface area contributed by atoms with Gasteiger partial charge in [-0.05, 0) is 38.7 Å². The summed E-state index contributed by atoms with van der Waals surface area (Å²) in [6, 6.07) is 0. The van der Waals surface area contributed by atoms with Gasteiger partial charge in [-0.2, -0.15) is 0 Å². The highest BCUT2D eigenvalue weighted by atomic mass is 16.3. The van der Waals surface area contributed by atoms with Gasteiger partial charge < -0.3 is 10.2 Å². The van der Waals surface area contributed by atoms with Crippen molar-refractivity contribution in [3.05, 3.63) is 34.6 Å². The fourth-order valence-electron chi connectivity index (χ4n) is 2.03. The zero-order chi connectivity index (χ0) is 14.6. The van der Waals surface area contributed by atoms with Crippen molar-refractivity contribution < 1.29 is 19.8 Å². The summed E-state index contributed by atoms with van der Waals surface area (Å²) in [5.74, 6) is -1.36. The highest BCUT2D eigenvalue weighted by Crippen LogP contribution is 2.26. The quantitative estimate of drug-likeness (QED) is 0.590. The second-order valence-corrected chi connectivity index (χ2v) is 4.97. The first-order valence-corrected chi connectivity index (χ1v) is 6.35. The molecule has 1 aliphatic rings. The number of carbonyl (C=O) groups is 2. The van der Waals surface area contributed by atoms with Gasteiger partial charge in [-0.25, -0.2) is 0 Å². The van der Waals surface area contributed by atoms with Crippen LogP contribution in [-0.4, -0.2) is 28.4 Å². The molecule has 0 aromatic heterocycles. The zero-order valence-corrected chi connectivity index (χ0v) is 11.6. The molecule has 2 N–H and O–H groups in total. The maximum Gasteiger partial charge on any atom is 0.223 e. The van der Waals surface area contributed by atoms with Gasteiger partial charge in [-0.1, -0.05) is 18.6 Å². The SMILES string of the molecule is CC1=CC(=O)C([C@H](C)CC/C=C(\C)CO)=C(O)C1=O. The molecule has 19 heavy (non-hydrogen) atoms. The van der Waals surface area contributed by atoms with E-state index in [1.54, 1.807) is 0 Å². The lowest BCUT2D eigenvalue weighted by Crippen LogP contribution is -2.22. The van der Waals surface area contributed by atoms with E-state index in [0.29, 0.717) is 12.8 Å². The average molecular weight is 264 g/mol. The summed E-state index contributed by atoms with van der Waals surface area (Å²) >= 11 is 0. The molecule has 4 heteroatoms. The largest absolute Gasteiger partial charge is 0.504 e. The average Bonchev–Trinajstić information content (AvgIpc) is 2.35. The minimum atomic E-state index is -0.469. The maximum atomic E-state index is 11.9. The molecule has 0 radical (unpaired) electrons. The third-order valence-corrected chi connectivity index (χ3v) is 3.28. The van der Waals surface area contributed by atoms with Crippen molar-refractivity contribution in [1.29, 1.82) is 0 Å². The van der Waals surface area contributed by atoms with Crippen molar-refractivity contribution in [2.45, 2.75) is 33.6 Å². The first-order valence-electron chi connectivity index (χ1n) is 6.35. The molecule has 0 saturated heterocycles. The first kappa shape index (κ1) is 15.4. The van der Waals surface area contributed by atoms with Crippen LogP contribution in [0.3, 0.4) is 0 Å². The van der Waals surface area contributed by atoms with Crippen LogP contribution in [0.15, 0.2) is 34.6 Å². The fourth-order valence-corrected chi connectivity index (χ4v) is 2.03. The minimum absolute atomic E-state index is 0.0156. The van der Waals surface area contributed by atoms with Crippen molar-refractivity contribution in [3.8, 4) is 0 Å².